The molecular weight excluding hydrogens is 176 g/mol. The Hall–Kier alpha value is -0.830. The molecule has 0 bridgehead atoms. The van der Waals surface area contributed by atoms with Gasteiger partial charge in [0.1, 0.15) is 0 Å². The number of carbonyl (C=O) groups is 1. The lowest BCUT2D eigenvalue weighted by atomic mass is 10.0. The highest BCUT2D eigenvalue weighted by Crippen LogP contribution is 2.11. The lowest BCUT2D eigenvalue weighted by Crippen LogP contribution is -2.35. The van der Waals surface area contributed by atoms with Crippen LogP contribution in [-0.4, -0.2) is 25.0 Å². The van der Waals surface area contributed by atoms with Crippen molar-refractivity contribution in [2.45, 2.75) is 38.1 Å². The first-order valence-corrected chi connectivity index (χ1v) is 5.44. The van der Waals surface area contributed by atoms with Crippen molar-refractivity contribution in [2.75, 3.05) is 13.1 Å². The zero-order chi connectivity index (χ0) is 10.2. The Kier molecular flexibility index (Phi) is 5.30. The predicted molar refractivity (Wildman–Crippen MR) is 58.1 cm³/mol. The van der Waals surface area contributed by atoms with Gasteiger partial charge < -0.3 is 10.6 Å². The molecule has 1 atom stereocenters. The van der Waals surface area contributed by atoms with E-state index in [2.05, 4.69) is 17.2 Å². The maximum absolute atomic E-state index is 11.3. The van der Waals surface area contributed by atoms with Gasteiger partial charge in [0.05, 0.1) is 0 Å². The second-order valence-corrected chi connectivity index (χ2v) is 3.78. The monoisotopic (exact) mass is 196 g/mol. The van der Waals surface area contributed by atoms with Crippen molar-refractivity contribution in [1.29, 1.82) is 0 Å². The summed E-state index contributed by atoms with van der Waals surface area (Å²) in [5.74, 6) is 0.136. The third-order valence-corrected chi connectivity index (χ3v) is 2.58. The van der Waals surface area contributed by atoms with Crippen LogP contribution in [0, 0.1) is 0 Å². The molecule has 0 radical (unpaired) electrons. The quantitative estimate of drug-likeness (QED) is 0.649. The molecule has 1 rings (SSSR count). The summed E-state index contributed by atoms with van der Waals surface area (Å²) in [6.45, 7) is 5.25. The highest BCUT2D eigenvalue weighted by Gasteiger charge is 2.13. The molecule has 1 aliphatic heterocycles. The van der Waals surface area contributed by atoms with Gasteiger partial charge in [0.15, 0.2) is 0 Å². The van der Waals surface area contributed by atoms with Gasteiger partial charge in [-0.15, -0.1) is 6.58 Å². The Balaban J connectivity index is 2.06. The Bertz CT molecular complexity index is 186. The van der Waals surface area contributed by atoms with Crippen LogP contribution in [0.5, 0.6) is 0 Å². The van der Waals surface area contributed by atoms with Gasteiger partial charge >= 0.3 is 0 Å². The van der Waals surface area contributed by atoms with E-state index in [0.29, 0.717) is 19.0 Å². The van der Waals surface area contributed by atoms with Crippen LogP contribution < -0.4 is 10.6 Å². The fourth-order valence-corrected chi connectivity index (χ4v) is 1.75. The Morgan fingerprint density at radius 3 is 3.07 bits per heavy atom. The van der Waals surface area contributed by atoms with E-state index in [1.165, 1.54) is 19.3 Å². The first-order valence-electron chi connectivity index (χ1n) is 5.44. The summed E-state index contributed by atoms with van der Waals surface area (Å²) in [4.78, 5) is 11.3. The van der Waals surface area contributed by atoms with Crippen molar-refractivity contribution in [3.63, 3.8) is 0 Å². The van der Waals surface area contributed by atoms with Gasteiger partial charge in [-0.05, 0) is 25.8 Å². The van der Waals surface area contributed by atoms with Gasteiger partial charge in [-0.1, -0.05) is 12.5 Å². The molecule has 1 unspecified atom stereocenters. The number of hydrogen-bond acceptors (Lipinski definition) is 2. The third-order valence-electron chi connectivity index (χ3n) is 2.58. The molecule has 0 aliphatic carbocycles. The van der Waals surface area contributed by atoms with Crippen molar-refractivity contribution in [3.05, 3.63) is 12.7 Å². The average molecular weight is 196 g/mol. The van der Waals surface area contributed by atoms with Crippen LogP contribution in [0.3, 0.4) is 0 Å². The van der Waals surface area contributed by atoms with Crippen LogP contribution in [0.4, 0.5) is 0 Å². The smallest absolute Gasteiger partial charge is 0.220 e. The van der Waals surface area contributed by atoms with E-state index in [0.717, 1.165) is 13.0 Å². The number of hydrogen-bond donors (Lipinski definition) is 2. The van der Waals surface area contributed by atoms with Crippen molar-refractivity contribution < 1.29 is 4.79 Å². The minimum atomic E-state index is 0.136. The van der Waals surface area contributed by atoms with Crippen LogP contribution in [-0.2, 0) is 4.79 Å². The van der Waals surface area contributed by atoms with Crippen molar-refractivity contribution in [3.8, 4) is 0 Å². The normalized spacial score (nSPS) is 21.6. The largest absolute Gasteiger partial charge is 0.353 e. The van der Waals surface area contributed by atoms with E-state index >= 15 is 0 Å². The van der Waals surface area contributed by atoms with E-state index in [1.807, 2.05) is 0 Å². The van der Waals surface area contributed by atoms with Crippen LogP contribution in [0.2, 0.25) is 0 Å². The van der Waals surface area contributed by atoms with Gasteiger partial charge in [0.25, 0.3) is 0 Å². The van der Waals surface area contributed by atoms with E-state index in [4.69, 9.17) is 0 Å². The van der Waals surface area contributed by atoms with E-state index in [9.17, 15) is 4.79 Å². The highest BCUT2D eigenvalue weighted by molar-refractivity contribution is 5.75. The van der Waals surface area contributed by atoms with Crippen LogP contribution in [0.15, 0.2) is 12.7 Å². The molecule has 14 heavy (non-hydrogen) atoms. The SMILES string of the molecule is C=CCNC(=O)CCC1CCCCN1. The van der Waals surface area contributed by atoms with Crippen LogP contribution >= 0.6 is 0 Å². The molecule has 2 N–H and O–H groups in total. The van der Waals surface area contributed by atoms with Gasteiger partial charge in [-0.25, -0.2) is 0 Å². The molecular formula is C11H20N2O. The minimum absolute atomic E-state index is 0.136. The van der Waals surface area contributed by atoms with Gasteiger partial charge in [-0.3, -0.25) is 4.79 Å². The van der Waals surface area contributed by atoms with Crippen molar-refractivity contribution in [2.24, 2.45) is 0 Å². The van der Waals surface area contributed by atoms with Crippen LogP contribution in [0.1, 0.15) is 32.1 Å². The fraction of sp³-hybridized carbons (Fsp3) is 0.727. The summed E-state index contributed by atoms with van der Waals surface area (Å²) in [5, 5.41) is 6.22. The number of amides is 1. The molecule has 0 spiro atoms. The second-order valence-electron chi connectivity index (χ2n) is 3.78. The molecule has 80 valence electrons. The maximum atomic E-state index is 11.3. The Morgan fingerprint density at radius 1 is 1.57 bits per heavy atom. The third kappa shape index (κ3) is 4.42. The lowest BCUT2D eigenvalue weighted by molar-refractivity contribution is -0.121. The first-order chi connectivity index (χ1) is 6.83. The predicted octanol–water partition coefficient (Wildman–Crippen LogP) is 1.21. The highest BCUT2D eigenvalue weighted by atomic mass is 16.1. The van der Waals surface area contributed by atoms with E-state index in [1.54, 1.807) is 6.08 Å². The fourth-order valence-electron chi connectivity index (χ4n) is 1.75. The van der Waals surface area contributed by atoms with Gasteiger partial charge in [0.2, 0.25) is 5.91 Å². The Morgan fingerprint density at radius 2 is 2.43 bits per heavy atom. The molecule has 1 fully saturated rings. The standard InChI is InChI=1S/C11H20N2O/c1-2-8-13-11(14)7-6-10-5-3-4-9-12-10/h2,10,12H,1,3-9H2,(H,13,14). The summed E-state index contributed by atoms with van der Waals surface area (Å²) in [5.41, 5.74) is 0. The van der Waals surface area contributed by atoms with E-state index in [-0.39, 0.29) is 5.91 Å². The molecule has 3 nitrogen and oxygen atoms in total. The van der Waals surface area contributed by atoms with Crippen LogP contribution in [0.25, 0.3) is 0 Å². The first kappa shape index (κ1) is 11.2. The molecule has 1 aliphatic rings. The topological polar surface area (TPSA) is 41.1 Å². The number of carbonyl (C=O) groups excluding carboxylic acids is 1. The summed E-state index contributed by atoms with van der Waals surface area (Å²) < 4.78 is 0. The molecule has 0 aromatic heterocycles. The summed E-state index contributed by atoms with van der Waals surface area (Å²) in [6, 6.07) is 0.554. The molecule has 1 amide bonds. The van der Waals surface area contributed by atoms with Crippen molar-refractivity contribution in [1.82, 2.24) is 10.6 Å². The summed E-state index contributed by atoms with van der Waals surface area (Å²) in [6.07, 6.45) is 7.09. The zero-order valence-corrected chi connectivity index (χ0v) is 8.72. The number of nitrogens with one attached hydrogen (secondary N) is 2. The molecule has 0 aromatic carbocycles. The second kappa shape index (κ2) is 6.60. The maximum Gasteiger partial charge on any atom is 0.220 e. The van der Waals surface area contributed by atoms with Crippen molar-refractivity contribution >= 4 is 5.91 Å². The molecule has 1 heterocycles. The van der Waals surface area contributed by atoms with E-state index < -0.39 is 0 Å². The average Bonchev–Trinajstić information content (AvgIpc) is 2.25. The minimum Gasteiger partial charge on any atom is -0.353 e. The Labute approximate surface area is 86.0 Å². The lowest BCUT2D eigenvalue weighted by Gasteiger charge is -2.22. The van der Waals surface area contributed by atoms with Gasteiger partial charge in [0, 0.05) is 19.0 Å². The summed E-state index contributed by atoms with van der Waals surface area (Å²) in [7, 11) is 0. The number of rotatable bonds is 5. The zero-order valence-electron chi connectivity index (χ0n) is 8.72. The number of piperidine rings is 1. The van der Waals surface area contributed by atoms with Gasteiger partial charge in [-0.2, -0.15) is 0 Å². The molecule has 3 heteroatoms. The summed E-state index contributed by atoms with van der Waals surface area (Å²) >= 11 is 0. The molecule has 1 saturated heterocycles. The molecule has 0 aromatic rings. The molecule has 0 saturated carbocycles.